The number of carbonyl (C=O) groups is 1. The fourth-order valence-electron chi connectivity index (χ4n) is 3.80. The Labute approximate surface area is 163 Å². The number of amides is 1. The second-order valence-corrected chi connectivity index (χ2v) is 7.06. The molecule has 1 aliphatic heterocycles. The lowest BCUT2D eigenvalue weighted by molar-refractivity contribution is 0.0730. The lowest BCUT2D eigenvalue weighted by atomic mass is 10.1. The van der Waals surface area contributed by atoms with Crippen LogP contribution in [0.4, 0.5) is 0 Å². The standard InChI is InChI=1S/C20H22N6O2/c1-13-19(14(2)28-25-13)18-12-21-11-16(24-18)5-6-17-4-3-9-26(17)20(27)15-7-8-22-23-10-15/h7-8,10-12,17H,3-6,9H2,1-2H3/t17-/m0/s1. The first-order valence-electron chi connectivity index (χ1n) is 9.45. The lowest BCUT2D eigenvalue weighted by Crippen LogP contribution is -2.36. The SMILES string of the molecule is Cc1noc(C)c1-c1cncc(CC[C@@H]2CCCN2C(=O)c2ccnnc2)n1. The van der Waals surface area contributed by atoms with Crippen molar-refractivity contribution in [1.82, 2.24) is 30.2 Å². The monoisotopic (exact) mass is 378 g/mol. The molecule has 8 heteroatoms. The number of aromatic nitrogens is 5. The maximum absolute atomic E-state index is 12.8. The van der Waals surface area contributed by atoms with E-state index in [1.165, 1.54) is 6.20 Å². The molecule has 0 N–H and O–H groups in total. The molecule has 0 aromatic carbocycles. The van der Waals surface area contributed by atoms with Crippen molar-refractivity contribution >= 4 is 5.91 Å². The highest BCUT2D eigenvalue weighted by Gasteiger charge is 2.29. The number of nitrogens with zero attached hydrogens (tertiary/aromatic N) is 6. The number of hydrogen-bond donors (Lipinski definition) is 0. The summed E-state index contributed by atoms with van der Waals surface area (Å²) in [4.78, 5) is 23.8. The second kappa shape index (κ2) is 7.84. The summed E-state index contributed by atoms with van der Waals surface area (Å²) in [5, 5.41) is 11.6. The van der Waals surface area contributed by atoms with Gasteiger partial charge >= 0.3 is 0 Å². The molecule has 4 heterocycles. The van der Waals surface area contributed by atoms with Crippen molar-refractivity contribution in [3.8, 4) is 11.3 Å². The van der Waals surface area contributed by atoms with Crippen LogP contribution >= 0.6 is 0 Å². The van der Waals surface area contributed by atoms with Crippen molar-refractivity contribution in [2.45, 2.75) is 45.6 Å². The lowest BCUT2D eigenvalue weighted by Gasteiger charge is -2.24. The third-order valence-electron chi connectivity index (χ3n) is 5.18. The number of carbonyl (C=O) groups excluding carboxylic acids is 1. The molecule has 3 aromatic rings. The zero-order valence-corrected chi connectivity index (χ0v) is 16.0. The Balaban J connectivity index is 1.46. The van der Waals surface area contributed by atoms with Gasteiger partial charge in [-0.3, -0.25) is 9.78 Å². The van der Waals surface area contributed by atoms with E-state index < -0.39 is 0 Å². The molecule has 0 radical (unpaired) electrons. The Morgan fingerprint density at radius 1 is 1.25 bits per heavy atom. The van der Waals surface area contributed by atoms with Crippen LogP contribution in [0.5, 0.6) is 0 Å². The molecule has 1 atom stereocenters. The van der Waals surface area contributed by atoms with Gasteiger partial charge in [-0.05, 0) is 45.6 Å². The summed E-state index contributed by atoms with van der Waals surface area (Å²) >= 11 is 0. The Morgan fingerprint density at radius 3 is 2.89 bits per heavy atom. The number of aryl methyl sites for hydroxylation is 3. The van der Waals surface area contributed by atoms with Gasteiger partial charge in [0.25, 0.3) is 5.91 Å². The summed E-state index contributed by atoms with van der Waals surface area (Å²) in [6, 6.07) is 1.91. The van der Waals surface area contributed by atoms with Crippen LogP contribution in [-0.2, 0) is 6.42 Å². The van der Waals surface area contributed by atoms with E-state index in [4.69, 9.17) is 9.51 Å². The molecular formula is C20H22N6O2. The largest absolute Gasteiger partial charge is 0.361 e. The smallest absolute Gasteiger partial charge is 0.255 e. The molecular weight excluding hydrogens is 356 g/mol. The van der Waals surface area contributed by atoms with Crippen LogP contribution in [0.1, 0.15) is 46.8 Å². The van der Waals surface area contributed by atoms with Crippen LogP contribution in [0.15, 0.2) is 35.4 Å². The molecule has 1 aliphatic rings. The number of likely N-dealkylation sites (tertiary alicyclic amines) is 1. The Hall–Kier alpha value is -3.16. The zero-order chi connectivity index (χ0) is 19.5. The van der Waals surface area contributed by atoms with Gasteiger partial charge in [0.1, 0.15) is 5.76 Å². The molecule has 0 unspecified atom stereocenters. The highest BCUT2D eigenvalue weighted by molar-refractivity contribution is 5.94. The zero-order valence-electron chi connectivity index (χ0n) is 16.0. The summed E-state index contributed by atoms with van der Waals surface area (Å²) in [7, 11) is 0. The highest BCUT2D eigenvalue weighted by atomic mass is 16.5. The highest BCUT2D eigenvalue weighted by Crippen LogP contribution is 2.26. The van der Waals surface area contributed by atoms with Gasteiger partial charge in [-0.1, -0.05) is 5.16 Å². The van der Waals surface area contributed by atoms with Crippen molar-refractivity contribution in [1.29, 1.82) is 0 Å². The third kappa shape index (κ3) is 3.62. The number of hydrogen-bond acceptors (Lipinski definition) is 7. The topological polar surface area (TPSA) is 97.9 Å². The molecule has 8 nitrogen and oxygen atoms in total. The maximum atomic E-state index is 12.8. The Morgan fingerprint density at radius 2 is 2.14 bits per heavy atom. The molecule has 1 fully saturated rings. The van der Waals surface area contributed by atoms with Gasteiger partial charge in [0.2, 0.25) is 0 Å². The van der Waals surface area contributed by atoms with Gasteiger partial charge in [0, 0.05) is 18.8 Å². The van der Waals surface area contributed by atoms with Gasteiger partial charge in [-0.2, -0.15) is 10.2 Å². The van der Waals surface area contributed by atoms with Crippen molar-refractivity contribution in [2.75, 3.05) is 6.54 Å². The van der Waals surface area contributed by atoms with Gasteiger partial charge in [0.05, 0.1) is 46.8 Å². The van der Waals surface area contributed by atoms with Crippen LogP contribution in [0, 0.1) is 13.8 Å². The van der Waals surface area contributed by atoms with Crippen LogP contribution in [-0.4, -0.2) is 48.7 Å². The predicted molar refractivity (Wildman–Crippen MR) is 101 cm³/mol. The van der Waals surface area contributed by atoms with E-state index in [1.54, 1.807) is 24.7 Å². The number of rotatable bonds is 5. The molecule has 4 rings (SSSR count). The molecule has 0 saturated carbocycles. The van der Waals surface area contributed by atoms with E-state index in [9.17, 15) is 4.79 Å². The minimum absolute atomic E-state index is 0.0213. The maximum Gasteiger partial charge on any atom is 0.255 e. The van der Waals surface area contributed by atoms with Crippen molar-refractivity contribution in [2.24, 2.45) is 0 Å². The van der Waals surface area contributed by atoms with Gasteiger partial charge in [0.15, 0.2) is 0 Å². The summed E-state index contributed by atoms with van der Waals surface area (Å²) in [5.74, 6) is 0.760. The van der Waals surface area contributed by atoms with E-state index in [2.05, 4.69) is 20.3 Å². The normalized spacial score (nSPS) is 16.5. The van der Waals surface area contributed by atoms with E-state index in [0.717, 1.165) is 60.6 Å². The van der Waals surface area contributed by atoms with E-state index >= 15 is 0 Å². The minimum Gasteiger partial charge on any atom is -0.361 e. The first kappa shape index (κ1) is 18.2. The fraction of sp³-hybridized carbons (Fsp3) is 0.400. The molecule has 0 spiro atoms. The summed E-state index contributed by atoms with van der Waals surface area (Å²) in [5.41, 5.74) is 3.97. The van der Waals surface area contributed by atoms with Gasteiger partial charge in [-0.25, -0.2) is 4.98 Å². The van der Waals surface area contributed by atoms with Gasteiger partial charge in [-0.15, -0.1) is 0 Å². The second-order valence-electron chi connectivity index (χ2n) is 7.06. The summed E-state index contributed by atoms with van der Waals surface area (Å²) < 4.78 is 5.24. The quantitative estimate of drug-likeness (QED) is 0.673. The minimum atomic E-state index is 0.0213. The molecule has 1 amide bonds. The molecule has 1 saturated heterocycles. The Bertz CT molecular complexity index is 952. The van der Waals surface area contributed by atoms with Crippen molar-refractivity contribution in [3.63, 3.8) is 0 Å². The first-order chi connectivity index (χ1) is 13.6. The van der Waals surface area contributed by atoms with Crippen LogP contribution in [0.3, 0.4) is 0 Å². The summed E-state index contributed by atoms with van der Waals surface area (Å²) in [6.07, 6.45) is 10.2. The molecule has 28 heavy (non-hydrogen) atoms. The first-order valence-corrected chi connectivity index (χ1v) is 9.45. The summed E-state index contributed by atoms with van der Waals surface area (Å²) in [6.45, 7) is 4.55. The van der Waals surface area contributed by atoms with Crippen LogP contribution in [0.25, 0.3) is 11.3 Å². The van der Waals surface area contributed by atoms with Gasteiger partial charge < -0.3 is 9.42 Å². The van der Waals surface area contributed by atoms with Crippen molar-refractivity contribution in [3.05, 3.63) is 53.6 Å². The van der Waals surface area contributed by atoms with E-state index in [0.29, 0.717) is 5.56 Å². The van der Waals surface area contributed by atoms with Crippen LogP contribution in [0.2, 0.25) is 0 Å². The molecule has 0 bridgehead atoms. The molecule has 144 valence electrons. The molecule has 0 aliphatic carbocycles. The van der Waals surface area contributed by atoms with Crippen LogP contribution < -0.4 is 0 Å². The fourth-order valence-corrected chi connectivity index (χ4v) is 3.80. The van der Waals surface area contributed by atoms with Crippen molar-refractivity contribution < 1.29 is 9.32 Å². The average Bonchev–Trinajstić information content (AvgIpc) is 3.33. The third-order valence-corrected chi connectivity index (χ3v) is 5.18. The predicted octanol–water partition coefficient (Wildman–Crippen LogP) is 2.78. The Kier molecular flexibility index (Phi) is 5.10. The van der Waals surface area contributed by atoms with E-state index in [1.807, 2.05) is 18.7 Å². The molecule has 3 aromatic heterocycles. The average molecular weight is 378 g/mol. The van der Waals surface area contributed by atoms with E-state index in [-0.39, 0.29) is 11.9 Å².